The van der Waals surface area contributed by atoms with Crippen LogP contribution in [-0.4, -0.2) is 37.9 Å². The van der Waals surface area contributed by atoms with Gasteiger partial charge in [-0.2, -0.15) is 0 Å². The highest BCUT2D eigenvalue weighted by molar-refractivity contribution is 5.84. The van der Waals surface area contributed by atoms with Gasteiger partial charge in [0, 0.05) is 38.0 Å². The molecule has 1 aliphatic rings. The number of carboxylic acids is 1. The van der Waals surface area contributed by atoms with Crippen molar-refractivity contribution in [3.8, 4) is 0 Å². The molecule has 1 atom stereocenters. The summed E-state index contributed by atoms with van der Waals surface area (Å²) in [5.41, 5.74) is 2.74. The average Bonchev–Trinajstić information content (AvgIpc) is 2.59. The van der Waals surface area contributed by atoms with Crippen molar-refractivity contribution in [1.82, 2.24) is 14.9 Å². The molecule has 6 nitrogen and oxygen atoms in total. The van der Waals surface area contributed by atoms with E-state index in [4.69, 9.17) is 0 Å². The van der Waals surface area contributed by atoms with E-state index in [2.05, 4.69) is 9.97 Å². The highest BCUT2D eigenvalue weighted by Gasteiger charge is 2.34. The first kappa shape index (κ1) is 15.1. The molecule has 1 aliphatic heterocycles. The van der Waals surface area contributed by atoms with E-state index in [0.717, 1.165) is 16.8 Å². The van der Waals surface area contributed by atoms with Gasteiger partial charge >= 0.3 is 5.97 Å². The standard InChI is InChI=1S/C17H17N3O3/c21-16(6-5-14-10-18-7-8-19-14)20-11-13-4-2-1-3-12(13)9-15(20)17(22)23/h1-4,7-8,10,15H,5-6,9,11H2,(H,22,23)/t15-/m0/s1. The number of benzene rings is 1. The van der Waals surface area contributed by atoms with Crippen LogP contribution < -0.4 is 0 Å². The van der Waals surface area contributed by atoms with E-state index in [0.29, 0.717) is 19.4 Å². The third kappa shape index (κ3) is 3.36. The second kappa shape index (κ2) is 6.56. The van der Waals surface area contributed by atoms with E-state index in [1.807, 2.05) is 24.3 Å². The zero-order chi connectivity index (χ0) is 16.2. The Labute approximate surface area is 133 Å². The molecule has 1 N–H and O–H groups in total. The molecular formula is C17H17N3O3. The van der Waals surface area contributed by atoms with Gasteiger partial charge in [0.2, 0.25) is 5.91 Å². The second-order valence-corrected chi connectivity index (χ2v) is 5.55. The molecule has 0 radical (unpaired) electrons. The van der Waals surface area contributed by atoms with Crippen molar-refractivity contribution in [3.05, 3.63) is 59.7 Å². The van der Waals surface area contributed by atoms with E-state index < -0.39 is 12.0 Å². The molecule has 2 heterocycles. The zero-order valence-corrected chi connectivity index (χ0v) is 12.6. The number of amides is 1. The lowest BCUT2D eigenvalue weighted by Gasteiger charge is -2.34. The summed E-state index contributed by atoms with van der Waals surface area (Å²) in [7, 11) is 0. The molecule has 6 heteroatoms. The smallest absolute Gasteiger partial charge is 0.326 e. The van der Waals surface area contributed by atoms with Crippen LogP contribution in [-0.2, 0) is 29.0 Å². The predicted octanol–water partition coefficient (Wildman–Crippen LogP) is 1.45. The Bertz CT molecular complexity index is 718. The van der Waals surface area contributed by atoms with Crippen LogP contribution in [0.25, 0.3) is 0 Å². The summed E-state index contributed by atoms with van der Waals surface area (Å²) < 4.78 is 0. The number of carboxylic acid groups (broad SMARTS) is 1. The van der Waals surface area contributed by atoms with Gasteiger partial charge in [-0.1, -0.05) is 24.3 Å². The molecular weight excluding hydrogens is 294 g/mol. The van der Waals surface area contributed by atoms with Gasteiger partial charge in [0.25, 0.3) is 0 Å². The Kier molecular flexibility index (Phi) is 4.32. The lowest BCUT2D eigenvalue weighted by Crippen LogP contribution is -2.48. The van der Waals surface area contributed by atoms with Gasteiger partial charge in [-0.15, -0.1) is 0 Å². The van der Waals surface area contributed by atoms with Gasteiger partial charge in [-0.3, -0.25) is 14.8 Å². The van der Waals surface area contributed by atoms with Crippen molar-refractivity contribution < 1.29 is 14.7 Å². The summed E-state index contributed by atoms with van der Waals surface area (Å²) in [6.07, 6.45) is 5.81. The van der Waals surface area contributed by atoms with Crippen molar-refractivity contribution in [2.24, 2.45) is 0 Å². The summed E-state index contributed by atoms with van der Waals surface area (Å²) in [6, 6.07) is 6.85. The highest BCUT2D eigenvalue weighted by atomic mass is 16.4. The van der Waals surface area contributed by atoms with E-state index >= 15 is 0 Å². The fraction of sp³-hybridized carbons (Fsp3) is 0.294. The van der Waals surface area contributed by atoms with E-state index in [1.165, 1.54) is 4.90 Å². The number of aliphatic carboxylic acids is 1. The number of nitrogens with zero attached hydrogens (tertiary/aromatic N) is 3. The minimum Gasteiger partial charge on any atom is -0.480 e. The van der Waals surface area contributed by atoms with Crippen LogP contribution in [0.3, 0.4) is 0 Å². The van der Waals surface area contributed by atoms with Crippen molar-refractivity contribution in [1.29, 1.82) is 0 Å². The summed E-state index contributed by atoms with van der Waals surface area (Å²) in [4.78, 5) is 33.6. The Morgan fingerprint density at radius 2 is 2.00 bits per heavy atom. The van der Waals surface area contributed by atoms with Gasteiger partial charge in [0.05, 0.1) is 5.69 Å². The van der Waals surface area contributed by atoms with Gasteiger partial charge in [0.1, 0.15) is 6.04 Å². The molecule has 0 spiro atoms. The molecule has 2 aromatic rings. The first-order valence-electron chi connectivity index (χ1n) is 7.49. The number of aromatic nitrogens is 2. The Morgan fingerprint density at radius 3 is 2.70 bits per heavy atom. The second-order valence-electron chi connectivity index (χ2n) is 5.55. The van der Waals surface area contributed by atoms with Crippen molar-refractivity contribution >= 4 is 11.9 Å². The number of aryl methyl sites for hydroxylation is 1. The van der Waals surface area contributed by atoms with Crippen LogP contribution in [0.5, 0.6) is 0 Å². The normalized spacial score (nSPS) is 16.7. The van der Waals surface area contributed by atoms with Crippen LogP contribution in [0.4, 0.5) is 0 Å². The van der Waals surface area contributed by atoms with Crippen molar-refractivity contribution in [3.63, 3.8) is 0 Å². The molecule has 1 aromatic carbocycles. The molecule has 0 fully saturated rings. The van der Waals surface area contributed by atoms with Crippen LogP contribution in [0.2, 0.25) is 0 Å². The van der Waals surface area contributed by atoms with E-state index in [-0.39, 0.29) is 12.3 Å². The first-order valence-corrected chi connectivity index (χ1v) is 7.49. The van der Waals surface area contributed by atoms with Crippen molar-refractivity contribution in [2.75, 3.05) is 0 Å². The largest absolute Gasteiger partial charge is 0.480 e. The molecule has 3 rings (SSSR count). The summed E-state index contributed by atoms with van der Waals surface area (Å²) >= 11 is 0. The fourth-order valence-corrected chi connectivity index (χ4v) is 2.84. The number of fused-ring (bicyclic) bond motifs is 1. The van der Waals surface area contributed by atoms with Crippen molar-refractivity contribution in [2.45, 2.75) is 31.8 Å². The zero-order valence-electron chi connectivity index (χ0n) is 12.6. The Hall–Kier alpha value is -2.76. The van der Waals surface area contributed by atoms with Gasteiger partial charge in [-0.05, 0) is 17.5 Å². The molecule has 0 saturated heterocycles. The van der Waals surface area contributed by atoms with Crippen LogP contribution in [0.1, 0.15) is 23.2 Å². The Balaban J connectivity index is 1.74. The number of rotatable bonds is 4. The van der Waals surface area contributed by atoms with Crippen LogP contribution >= 0.6 is 0 Å². The number of carbonyl (C=O) groups excluding carboxylic acids is 1. The molecule has 0 unspecified atom stereocenters. The molecule has 118 valence electrons. The third-order valence-electron chi connectivity index (χ3n) is 4.07. The predicted molar refractivity (Wildman–Crippen MR) is 82.5 cm³/mol. The van der Waals surface area contributed by atoms with Gasteiger partial charge < -0.3 is 10.0 Å². The third-order valence-corrected chi connectivity index (χ3v) is 4.07. The minimum absolute atomic E-state index is 0.169. The summed E-state index contributed by atoms with van der Waals surface area (Å²) in [6.45, 7) is 0.340. The highest BCUT2D eigenvalue weighted by Crippen LogP contribution is 2.24. The fourth-order valence-electron chi connectivity index (χ4n) is 2.84. The summed E-state index contributed by atoms with van der Waals surface area (Å²) in [5.74, 6) is -1.13. The van der Waals surface area contributed by atoms with E-state index in [1.54, 1.807) is 18.6 Å². The number of hydrogen-bond acceptors (Lipinski definition) is 4. The molecule has 1 amide bonds. The monoisotopic (exact) mass is 311 g/mol. The average molecular weight is 311 g/mol. The van der Waals surface area contributed by atoms with Crippen LogP contribution in [0.15, 0.2) is 42.9 Å². The quantitative estimate of drug-likeness (QED) is 0.924. The number of hydrogen-bond donors (Lipinski definition) is 1. The lowest BCUT2D eigenvalue weighted by atomic mass is 9.93. The molecule has 23 heavy (non-hydrogen) atoms. The minimum atomic E-state index is -0.965. The number of carbonyl (C=O) groups is 2. The van der Waals surface area contributed by atoms with Gasteiger partial charge in [-0.25, -0.2) is 4.79 Å². The SMILES string of the molecule is O=C(O)[C@@H]1Cc2ccccc2CN1C(=O)CCc1cnccn1. The van der Waals surface area contributed by atoms with Crippen LogP contribution in [0, 0.1) is 0 Å². The molecule has 1 aromatic heterocycles. The van der Waals surface area contributed by atoms with E-state index in [9.17, 15) is 14.7 Å². The maximum absolute atomic E-state index is 12.5. The summed E-state index contributed by atoms with van der Waals surface area (Å²) in [5, 5.41) is 9.45. The Morgan fingerprint density at radius 1 is 1.22 bits per heavy atom. The maximum Gasteiger partial charge on any atom is 0.326 e. The molecule has 0 aliphatic carbocycles. The maximum atomic E-state index is 12.5. The molecule has 0 bridgehead atoms. The molecule has 0 saturated carbocycles. The first-order chi connectivity index (χ1) is 11.1. The van der Waals surface area contributed by atoms with Gasteiger partial charge in [0.15, 0.2) is 0 Å². The topological polar surface area (TPSA) is 83.4 Å². The lowest BCUT2D eigenvalue weighted by molar-refractivity contribution is -0.151.